The highest BCUT2D eigenvalue weighted by Gasteiger charge is 2.34. The molecule has 2 amide bonds. The van der Waals surface area contributed by atoms with Crippen molar-refractivity contribution in [1.29, 1.82) is 0 Å². The molecule has 1 unspecified atom stereocenters. The van der Waals surface area contributed by atoms with Crippen LogP contribution in [0.15, 0.2) is 0 Å². The largest absolute Gasteiger partial charge is 0.342 e. The van der Waals surface area contributed by atoms with E-state index in [-0.39, 0.29) is 29.6 Å². The fourth-order valence-corrected chi connectivity index (χ4v) is 3.17. The number of aromatic nitrogens is 2. The molecule has 0 saturated carbocycles. The lowest BCUT2D eigenvalue weighted by Crippen LogP contribution is -2.29. The summed E-state index contributed by atoms with van der Waals surface area (Å²) >= 11 is 1.39. The number of rotatable bonds is 5. The lowest BCUT2D eigenvalue weighted by molar-refractivity contribution is -0.128. The number of amides is 2. The molecule has 0 radical (unpaired) electrons. The van der Waals surface area contributed by atoms with Crippen molar-refractivity contribution >= 4 is 28.3 Å². The predicted octanol–water partition coefficient (Wildman–Crippen LogP) is 2.67. The highest BCUT2D eigenvalue weighted by Crippen LogP contribution is 2.28. The number of nitrogens with one attached hydrogen (secondary N) is 1. The molecule has 1 atom stereocenters. The molecule has 1 aliphatic rings. The van der Waals surface area contributed by atoms with Crippen LogP contribution in [-0.2, 0) is 15.0 Å². The Morgan fingerprint density at radius 3 is 2.65 bits per heavy atom. The van der Waals surface area contributed by atoms with Crippen LogP contribution in [0.2, 0.25) is 0 Å². The Balaban J connectivity index is 1.91. The van der Waals surface area contributed by atoms with Crippen molar-refractivity contribution in [2.75, 3.05) is 18.4 Å². The second-order valence-electron chi connectivity index (χ2n) is 7.57. The lowest BCUT2D eigenvalue weighted by atomic mass is 9.98. The van der Waals surface area contributed by atoms with Gasteiger partial charge >= 0.3 is 0 Å². The molecule has 0 aromatic carbocycles. The van der Waals surface area contributed by atoms with Crippen molar-refractivity contribution < 1.29 is 9.59 Å². The highest BCUT2D eigenvalue weighted by molar-refractivity contribution is 7.15. The average molecular weight is 338 g/mol. The summed E-state index contributed by atoms with van der Waals surface area (Å²) in [5.74, 6) is 0.185. The van der Waals surface area contributed by atoms with Gasteiger partial charge in [0.2, 0.25) is 16.9 Å². The summed E-state index contributed by atoms with van der Waals surface area (Å²) in [7, 11) is 0. The summed E-state index contributed by atoms with van der Waals surface area (Å²) in [4.78, 5) is 26.2. The van der Waals surface area contributed by atoms with Crippen LogP contribution < -0.4 is 5.32 Å². The summed E-state index contributed by atoms with van der Waals surface area (Å²) in [5, 5.41) is 12.4. The van der Waals surface area contributed by atoms with Gasteiger partial charge in [0.25, 0.3) is 0 Å². The maximum absolute atomic E-state index is 12.4. The number of carbonyl (C=O) groups excluding carboxylic acids is 2. The molecule has 1 aliphatic heterocycles. The number of carbonyl (C=O) groups is 2. The zero-order valence-corrected chi connectivity index (χ0v) is 15.4. The van der Waals surface area contributed by atoms with E-state index in [2.05, 4.69) is 50.1 Å². The van der Waals surface area contributed by atoms with E-state index in [4.69, 9.17) is 0 Å². The summed E-state index contributed by atoms with van der Waals surface area (Å²) in [6, 6.07) is 0. The van der Waals surface area contributed by atoms with Gasteiger partial charge in [-0.25, -0.2) is 0 Å². The van der Waals surface area contributed by atoms with Crippen LogP contribution in [-0.4, -0.2) is 40.0 Å². The zero-order valence-electron chi connectivity index (χ0n) is 14.5. The molecular weight excluding hydrogens is 312 g/mol. The summed E-state index contributed by atoms with van der Waals surface area (Å²) in [6.45, 7) is 11.7. The third kappa shape index (κ3) is 4.73. The molecule has 23 heavy (non-hydrogen) atoms. The Hall–Kier alpha value is -1.50. The summed E-state index contributed by atoms with van der Waals surface area (Å²) in [5.41, 5.74) is -0.0857. The van der Waals surface area contributed by atoms with Crippen LogP contribution >= 0.6 is 11.3 Å². The Labute approximate surface area is 141 Å². The molecule has 2 heterocycles. The van der Waals surface area contributed by atoms with E-state index in [0.29, 0.717) is 17.6 Å². The second-order valence-corrected chi connectivity index (χ2v) is 8.55. The quantitative estimate of drug-likeness (QED) is 0.895. The number of likely N-dealkylation sites (tertiary alicyclic amines) is 1. The smallest absolute Gasteiger partial charge is 0.231 e. The minimum absolute atomic E-state index is 0.0680. The Morgan fingerprint density at radius 2 is 2.09 bits per heavy atom. The molecule has 1 aromatic heterocycles. The van der Waals surface area contributed by atoms with Gasteiger partial charge in [-0.15, -0.1) is 10.2 Å². The monoisotopic (exact) mass is 338 g/mol. The van der Waals surface area contributed by atoms with Gasteiger partial charge in [0, 0.05) is 24.9 Å². The standard InChI is InChI=1S/C16H26N4O2S/c1-10(2)6-7-20-9-11(8-12(20)21)13(22)17-15-19-18-14(23-15)16(3,4)5/h10-11H,6-9H2,1-5H3,(H,17,19,22). The van der Waals surface area contributed by atoms with Crippen LogP contribution in [0.1, 0.15) is 52.5 Å². The van der Waals surface area contributed by atoms with Gasteiger partial charge in [-0.3, -0.25) is 9.59 Å². The van der Waals surface area contributed by atoms with Gasteiger partial charge < -0.3 is 10.2 Å². The average Bonchev–Trinajstić information content (AvgIpc) is 3.03. The topological polar surface area (TPSA) is 75.2 Å². The molecule has 6 nitrogen and oxygen atoms in total. The van der Waals surface area contributed by atoms with E-state index in [9.17, 15) is 9.59 Å². The van der Waals surface area contributed by atoms with E-state index in [0.717, 1.165) is 18.0 Å². The first-order valence-corrected chi connectivity index (χ1v) is 8.91. The van der Waals surface area contributed by atoms with Gasteiger partial charge in [0.1, 0.15) is 5.01 Å². The second kappa shape index (κ2) is 6.95. The van der Waals surface area contributed by atoms with E-state index >= 15 is 0 Å². The minimum atomic E-state index is -0.295. The van der Waals surface area contributed by atoms with Crippen molar-refractivity contribution in [2.24, 2.45) is 11.8 Å². The van der Waals surface area contributed by atoms with Gasteiger partial charge in [-0.2, -0.15) is 0 Å². The molecule has 0 aliphatic carbocycles. The zero-order chi connectivity index (χ0) is 17.2. The van der Waals surface area contributed by atoms with Gasteiger partial charge in [0.15, 0.2) is 0 Å². The molecule has 0 bridgehead atoms. The van der Waals surface area contributed by atoms with Crippen LogP contribution in [0.4, 0.5) is 5.13 Å². The van der Waals surface area contributed by atoms with Crippen LogP contribution in [0, 0.1) is 11.8 Å². The predicted molar refractivity (Wildman–Crippen MR) is 91.4 cm³/mol. The maximum atomic E-state index is 12.4. The number of hydrogen-bond acceptors (Lipinski definition) is 5. The SMILES string of the molecule is CC(C)CCN1CC(C(=O)Nc2nnc(C(C)(C)C)s2)CC1=O. The fraction of sp³-hybridized carbons (Fsp3) is 0.750. The first-order valence-electron chi connectivity index (χ1n) is 8.09. The van der Waals surface area contributed by atoms with E-state index in [1.165, 1.54) is 11.3 Å². The molecule has 1 saturated heterocycles. The van der Waals surface area contributed by atoms with Gasteiger partial charge in [-0.1, -0.05) is 46.0 Å². The van der Waals surface area contributed by atoms with E-state index in [1.807, 2.05) is 0 Å². The van der Waals surface area contributed by atoms with Crippen LogP contribution in [0.25, 0.3) is 0 Å². The molecule has 1 fully saturated rings. The third-order valence-corrected chi connectivity index (χ3v) is 5.12. The Bertz CT molecular complexity index is 577. The molecular formula is C16H26N4O2S. The molecule has 128 valence electrons. The molecule has 0 spiro atoms. The van der Waals surface area contributed by atoms with Gasteiger partial charge in [0.05, 0.1) is 5.92 Å². The lowest BCUT2D eigenvalue weighted by Gasteiger charge is -2.17. The highest BCUT2D eigenvalue weighted by atomic mass is 32.1. The Kier molecular flexibility index (Phi) is 5.39. The number of nitrogens with zero attached hydrogens (tertiary/aromatic N) is 3. The Morgan fingerprint density at radius 1 is 1.39 bits per heavy atom. The maximum Gasteiger partial charge on any atom is 0.231 e. The summed E-state index contributed by atoms with van der Waals surface area (Å²) in [6.07, 6.45) is 1.25. The van der Waals surface area contributed by atoms with Crippen LogP contribution in [0.3, 0.4) is 0 Å². The summed E-state index contributed by atoms with van der Waals surface area (Å²) < 4.78 is 0. The normalized spacial score (nSPS) is 18.8. The van der Waals surface area contributed by atoms with Crippen molar-refractivity contribution in [3.05, 3.63) is 5.01 Å². The van der Waals surface area contributed by atoms with Crippen molar-refractivity contribution in [2.45, 2.75) is 52.9 Å². The van der Waals surface area contributed by atoms with Crippen molar-refractivity contribution in [1.82, 2.24) is 15.1 Å². The van der Waals surface area contributed by atoms with Crippen LogP contribution in [0.5, 0.6) is 0 Å². The molecule has 1 N–H and O–H groups in total. The minimum Gasteiger partial charge on any atom is -0.342 e. The third-order valence-electron chi connectivity index (χ3n) is 3.86. The van der Waals surface area contributed by atoms with Crippen molar-refractivity contribution in [3.8, 4) is 0 Å². The first kappa shape index (κ1) is 17.8. The molecule has 1 aromatic rings. The number of anilines is 1. The van der Waals surface area contributed by atoms with E-state index in [1.54, 1.807) is 4.90 Å². The number of hydrogen-bond donors (Lipinski definition) is 1. The van der Waals surface area contributed by atoms with Crippen molar-refractivity contribution in [3.63, 3.8) is 0 Å². The fourth-order valence-electron chi connectivity index (χ4n) is 2.36. The van der Waals surface area contributed by atoms with E-state index < -0.39 is 0 Å². The first-order chi connectivity index (χ1) is 10.7. The van der Waals surface area contributed by atoms with Gasteiger partial charge in [-0.05, 0) is 12.3 Å². The molecule has 2 rings (SSSR count). The molecule has 7 heteroatoms.